The zero-order chi connectivity index (χ0) is 13.5. The number of fused-ring (bicyclic) bond motifs is 2. The van der Waals surface area contributed by atoms with Gasteiger partial charge in [0, 0.05) is 25.1 Å². The third-order valence-electron chi connectivity index (χ3n) is 5.36. The molecule has 2 bridgehead atoms. The monoisotopic (exact) mass is 266 g/mol. The molecule has 4 atom stereocenters. The maximum absolute atomic E-state index is 12.3. The highest BCUT2D eigenvalue weighted by molar-refractivity contribution is 5.77. The van der Waals surface area contributed by atoms with Gasteiger partial charge in [0.25, 0.3) is 0 Å². The Morgan fingerprint density at radius 1 is 1.37 bits per heavy atom. The SMILES string of the molecule is CC1OCCC1(C)NC(=O)CC1CC2CCC(C1)N2. The van der Waals surface area contributed by atoms with Crippen LogP contribution in [-0.4, -0.2) is 36.2 Å². The summed E-state index contributed by atoms with van der Waals surface area (Å²) in [6.07, 6.45) is 6.69. The van der Waals surface area contributed by atoms with Crippen molar-refractivity contribution in [2.45, 2.75) is 76.1 Å². The first-order chi connectivity index (χ1) is 9.05. The first-order valence-corrected chi connectivity index (χ1v) is 7.74. The van der Waals surface area contributed by atoms with Crippen molar-refractivity contribution in [2.75, 3.05) is 6.61 Å². The minimum Gasteiger partial charge on any atom is -0.376 e. The molecule has 2 N–H and O–H groups in total. The molecule has 4 unspecified atom stereocenters. The molecule has 0 aliphatic carbocycles. The fourth-order valence-corrected chi connectivity index (χ4v) is 3.97. The van der Waals surface area contributed by atoms with Gasteiger partial charge in [0.2, 0.25) is 5.91 Å². The van der Waals surface area contributed by atoms with Crippen LogP contribution in [0.4, 0.5) is 0 Å². The predicted molar refractivity (Wildman–Crippen MR) is 73.9 cm³/mol. The van der Waals surface area contributed by atoms with Crippen molar-refractivity contribution in [3.8, 4) is 0 Å². The van der Waals surface area contributed by atoms with E-state index in [1.54, 1.807) is 0 Å². The van der Waals surface area contributed by atoms with Gasteiger partial charge in [-0.2, -0.15) is 0 Å². The largest absolute Gasteiger partial charge is 0.376 e. The van der Waals surface area contributed by atoms with E-state index in [9.17, 15) is 4.79 Å². The maximum atomic E-state index is 12.3. The standard InChI is InChI=1S/C15H26N2O2/c1-10-15(2,5-6-19-10)17-14(18)9-11-7-12-3-4-13(8-11)16-12/h10-13,16H,3-9H2,1-2H3,(H,17,18). The number of nitrogens with one attached hydrogen (secondary N) is 2. The lowest BCUT2D eigenvalue weighted by atomic mass is 9.88. The third-order valence-corrected chi connectivity index (χ3v) is 5.36. The molecule has 0 saturated carbocycles. The van der Waals surface area contributed by atoms with Crippen LogP contribution in [0.15, 0.2) is 0 Å². The minimum atomic E-state index is -0.164. The lowest BCUT2D eigenvalue weighted by molar-refractivity contribution is -0.124. The van der Waals surface area contributed by atoms with E-state index < -0.39 is 0 Å². The van der Waals surface area contributed by atoms with Gasteiger partial charge < -0.3 is 15.4 Å². The van der Waals surface area contributed by atoms with Crippen molar-refractivity contribution in [1.29, 1.82) is 0 Å². The number of carbonyl (C=O) groups is 1. The zero-order valence-electron chi connectivity index (χ0n) is 12.1. The molecule has 1 amide bonds. The van der Waals surface area contributed by atoms with Gasteiger partial charge in [-0.1, -0.05) is 0 Å². The van der Waals surface area contributed by atoms with Crippen molar-refractivity contribution in [3.05, 3.63) is 0 Å². The molecule has 0 radical (unpaired) electrons. The summed E-state index contributed by atoms with van der Waals surface area (Å²) in [5.74, 6) is 0.783. The Kier molecular flexibility index (Phi) is 3.56. The Morgan fingerprint density at radius 3 is 2.63 bits per heavy atom. The molecular weight excluding hydrogens is 240 g/mol. The number of carbonyl (C=O) groups excluding carboxylic acids is 1. The van der Waals surface area contributed by atoms with E-state index in [1.165, 1.54) is 25.7 Å². The molecular formula is C15H26N2O2. The molecule has 4 nitrogen and oxygen atoms in total. The van der Waals surface area contributed by atoms with Gasteiger partial charge >= 0.3 is 0 Å². The third kappa shape index (κ3) is 2.79. The van der Waals surface area contributed by atoms with Crippen LogP contribution in [0.5, 0.6) is 0 Å². The highest BCUT2D eigenvalue weighted by Gasteiger charge is 2.39. The van der Waals surface area contributed by atoms with Crippen LogP contribution in [-0.2, 0) is 9.53 Å². The molecule has 0 aromatic heterocycles. The van der Waals surface area contributed by atoms with Crippen LogP contribution in [0.25, 0.3) is 0 Å². The second kappa shape index (κ2) is 5.06. The summed E-state index contributed by atoms with van der Waals surface area (Å²) >= 11 is 0. The Bertz CT molecular complexity index is 348. The molecule has 3 saturated heterocycles. The van der Waals surface area contributed by atoms with Crippen molar-refractivity contribution < 1.29 is 9.53 Å². The molecule has 3 fully saturated rings. The van der Waals surface area contributed by atoms with Crippen LogP contribution in [0.1, 0.15) is 52.4 Å². The molecule has 3 aliphatic rings. The van der Waals surface area contributed by atoms with E-state index in [0.717, 1.165) is 13.0 Å². The van der Waals surface area contributed by atoms with Gasteiger partial charge in [0.05, 0.1) is 11.6 Å². The van der Waals surface area contributed by atoms with E-state index in [2.05, 4.69) is 24.5 Å². The first kappa shape index (κ1) is 13.4. The van der Waals surface area contributed by atoms with Crippen molar-refractivity contribution in [3.63, 3.8) is 0 Å². The number of piperidine rings is 1. The molecule has 0 spiro atoms. The minimum absolute atomic E-state index is 0.126. The summed E-state index contributed by atoms with van der Waals surface area (Å²) in [6.45, 7) is 4.92. The van der Waals surface area contributed by atoms with Crippen LogP contribution in [0, 0.1) is 5.92 Å². The summed E-state index contributed by atoms with van der Waals surface area (Å²) in [4.78, 5) is 12.3. The summed E-state index contributed by atoms with van der Waals surface area (Å²) in [5.41, 5.74) is -0.164. The van der Waals surface area contributed by atoms with Crippen LogP contribution in [0.3, 0.4) is 0 Å². The van der Waals surface area contributed by atoms with E-state index >= 15 is 0 Å². The summed E-state index contributed by atoms with van der Waals surface area (Å²) in [5, 5.41) is 6.85. The molecule has 4 heteroatoms. The van der Waals surface area contributed by atoms with Gasteiger partial charge in [-0.15, -0.1) is 0 Å². The first-order valence-electron chi connectivity index (χ1n) is 7.74. The quantitative estimate of drug-likeness (QED) is 0.815. The summed E-state index contributed by atoms with van der Waals surface area (Å²) in [7, 11) is 0. The van der Waals surface area contributed by atoms with E-state index in [1.807, 2.05) is 0 Å². The number of hydrogen-bond donors (Lipinski definition) is 2. The highest BCUT2D eigenvalue weighted by Crippen LogP contribution is 2.33. The van der Waals surface area contributed by atoms with Gasteiger partial charge in [-0.25, -0.2) is 0 Å². The average Bonchev–Trinajstić information content (AvgIpc) is 2.83. The van der Waals surface area contributed by atoms with Gasteiger partial charge in [-0.05, 0) is 51.9 Å². The van der Waals surface area contributed by atoms with Crippen LogP contribution in [0.2, 0.25) is 0 Å². The van der Waals surface area contributed by atoms with E-state index in [0.29, 0.717) is 24.4 Å². The second-order valence-corrected chi connectivity index (χ2v) is 6.91. The average molecular weight is 266 g/mol. The van der Waals surface area contributed by atoms with E-state index in [-0.39, 0.29) is 17.6 Å². The van der Waals surface area contributed by atoms with Gasteiger partial charge in [-0.3, -0.25) is 4.79 Å². The molecule has 3 heterocycles. The Morgan fingerprint density at radius 2 is 2.05 bits per heavy atom. The van der Waals surface area contributed by atoms with Gasteiger partial charge in [0.15, 0.2) is 0 Å². The number of ether oxygens (including phenoxy) is 1. The maximum Gasteiger partial charge on any atom is 0.220 e. The molecule has 0 aromatic carbocycles. The Labute approximate surface area is 115 Å². The van der Waals surface area contributed by atoms with Crippen molar-refractivity contribution >= 4 is 5.91 Å². The molecule has 0 aromatic rings. The summed E-state index contributed by atoms with van der Waals surface area (Å²) < 4.78 is 5.58. The Balaban J connectivity index is 1.51. The van der Waals surface area contributed by atoms with Crippen LogP contribution < -0.4 is 10.6 Å². The molecule has 19 heavy (non-hydrogen) atoms. The topological polar surface area (TPSA) is 50.4 Å². The highest BCUT2D eigenvalue weighted by atomic mass is 16.5. The van der Waals surface area contributed by atoms with Crippen molar-refractivity contribution in [2.24, 2.45) is 5.92 Å². The molecule has 3 aliphatic heterocycles. The normalized spacial score (nSPS) is 45.4. The lowest BCUT2D eigenvalue weighted by Gasteiger charge is -2.32. The van der Waals surface area contributed by atoms with Gasteiger partial charge in [0.1, 0.15) is 0 Å². The Hall–Kier alpha value is -0.610. The number of hydrogen-bond acceptors (Lipinski definition) is 3. The zero-order valence-corrected chi connectivity index (χ0v) is 12.1. The fourth-order valence-electron chi connectivity index (χ4n) is 3.97. The smallest absolute Gasteiger partial charge is 0.220 e. The second-order valence-electron chi connectivity index (χ2n) is 6.91. The number of rotatable bonds is 3. The predicted octanol–water partition coefficient (Wildman–Crippen LogP) is 1.59. The molecule has 3 rings (SSSR count). The number of amides is 1. The lowest BCUT2D eigenvalue weighted by Crippen LogP contribution is -2.51. The van der Waals surface area contributed by atoms with Crippen LogP contribution >= 0.6 is 0 Å². The fraction of sp³-hybridized carbons (Fsp3) is 0.933. The summed E-state index contributed by atoms with van der Waals surface area (Å²) in [6, 6.07) is 1.33. The van der Waals surface area contributed by atoms with E-state index in [4.69, 9.17) is 4.74 Å². The molecule has 108 valence electrons. The van der Waals surface area contributed by atoms with Crippen molar-refractivity contribution in [1.82, 2.24) is 10.6 Å².